The lowest BCUT2D eigenvalue weighted by molar-refractivity contribution is 0.312. The summed E-state index contributed by atoms with van der Waals surface area (Å²) in [4.78, 5) is 18.4. The SMILES string of the molecule is [C-]#[N+]c1c(N2CCN(C)CC2)nc(SCc2csc(-c3ccc(Cl)cc3)n2)c(C#N)c1C1CCCCC1. The van der Waals surface area contributed by atoms with Crippen LogP contribution in [0.3, 0.4) is 0 Å². The molecule has 1 aliphatic heterocycles. The summed E-state index contributed by atoms with van der Waals surface area (Å²) in [5.74, 6) is 1.62. The summed E-state index contributed by atoms with van der Waals surface area (Å²) in [7, 11) is 2.13. The summed E-state index contributed by atoms with van der Waals surface area (Å²) in [6.07, 6.45) is 5.58. The number of halogens is 1. The summed E-state index contributed by atoms with van der Waals surface area (Å²) in [5.41, 5.74) is 4.12. The van der Waals surface area contributed by atoms with Crippen LogP contribution in [0.25, 0.3) is 15.4 Å². The van der Waals surface area contributed by atoms with E-state index in [1.165, 1.54) is 6.42 Å². The van der Waals surface area contributed by atoms with Crippen LogP contribution in [0.2, 0.25) is 5.02 Å². The van der Waals surface area contributed by atoms with Crippen LogP contribution in [-0.4, -0.2) is 48.1 Å². The molecule has 190 valence electrons. The van der Waals surface area contributed by atoms with Crippen LogP contribution in [0.15, 0.2) is 34.7 Å². The number of aromatic nitrogens is 2. The molecule has 9 heteroatoms. The minimum absolute atomic E-state index is 0.247. The molecule has 1 aliphatic carbocycles. The number of nitriles is 1. The normalized spacial score (nSPS) is 16.9. The largest absolute Gasteiger partial charge is 0.363 e. The Labute approximate surface area is 232 Å². The van der Waals surface area contributed by atoms with Crippen LogP contribution in [0.1, 0.15) is 54.8 Å². The highest BCUT2D eigenvalue weighted by atomic mass is 35.5. The monoisotopic (exact) mass is 548 g/mol. The van der Waals surface area contributed by atoms with Crippen LogP contribution in [0, 0.1) is 17.9 Å². The fraction of sp³-hybridized carbons (Fsp3) is 0.429. The number of hydrogen-bond acceptors (Lipinski definition) is 7. The third-order valence-corrected chi connectivity index (χ3v) is 9.40. The van der Waals surface area contributed by atoms with Crippen LogP contribution in [-0.2, 0) is 5.75 Å². The van der Waals surface area contributed by atoms with Crippen molar-refractivity contribution >= 4 is 46.2 Å². The number of nitrogens with zero attached hydrogens (tertiary/aromatic N) is 6. The Hall–Kier alpha value is -2.62. The van der Waals surface area contributed by atoms with E-state index in [-0.39, 0.29) is 5.92 Å². The Bertz CT molecular complexity index is 1330. The van der Waals surface area contributed by atoms with Crippen molar-refractivity contribution in [3.63, 3.8) is 0 Å². The van der Waals surface area contributed by atoms with Gasteiger partial charge in [0, 0.05) is 47.9 Å². The van der Waals surface area contributed by atoms with E-state index < -0.39 is 0 Å². The number of rotatable bonds is 6. The van der Waals surface area contributed by atoms with Gasteiger partial charge >= 0.3 is 0 Å². The van der Waals surface area contributed by atoms with Crippen molar-refractivity contribution in [3.05, 3.63) is 62.9 Å². The number of thioether (sulfide) groups is 1. The van der Waals surface area contributed by atoms with E-state index in [1.54, 1.807) is 23.1 Å². The van der Waals surface area contributed by atoms with Crippen molar-refractivity contribution in [1.82, 2.24) is 14.9 Å². The molecule has 0 N–H and O–H groups in total. The zero-order chi connectivity index (χ0) is 25.8. The minimum atomic E-state index is 0.247. The fourth-order valence-electron chi connectivity index (χ4n) is 5.15. The molecule has 1 saturated heterocycles. The van der Waals surface area contributed by atoms with Crippen molar-refractivity contribution < 1.29 is 0 Å². The number of hydrogen-bond donors (Lipinski definition) is 0. The van der Waals surface area contributed by atoms with Gasteiger partial charge in [-0.05, 0) is 43.5 Å². The molecule has 0 unspecified atom stereocenters. The first kappa shape index (κ1) is 26.0. The molecule has 0 atom stereocenters. The predicted octanol–water partition coefficient (Wildman–Crippen LogP) is 7.37. The first-order chi connectivity index (χ1) is 18.1. The molecule has 0 bridgehead atoms. The first-order valence-corrected chi connectivity index (χ1v) is 14.9. The number of benzene rings is 1. The van der Waals surface area contributed by atoms with Gasteiger partial charge in [-0.25, -0.2) is 14.8 Å². The molecule has 1 aromatic carbocycles. The van der Waals surface area contributed by atoms with Crippen molar-refractivity contribution in [2.24, 2.45) is 0 Å². The van der Waals surface area contributed by atoms with Crippen LogP contribution in [0.4, 0.5) is 11.5 Å². The molecule has 0 amide bonds. The lowest BCUT2D eigenvalue weighted by atomic mass is 9.82. The molecule has 37 heavy (non-hydrogen) atoms. The van der Waals surface area contributed by atoms with Gasteiger partial charge in [-0.2, -0.15) is 5.26 Å². The maximum Gasteiger partial charge on any atom is 0.233 e. The Morgan fingerprint density at radius 1 is 1.14 bits per heavy atom. The lowest BCUT2D eigenvalue weighted by Crippen LogP contribution is -2.45. The van der Waals surface area contributed by atoms with E-state index >= 15 is 0 Å². The quantitative estimate of drug-likeness (QED) is 0.237. The highest BCUT2D eigenvalue weighted by Gasteiger charge is 2.30. The number of anilines is 1. The Balaban J connectivity index is 1.48. The van der Waals surface area contributed by atoms with Gasteiger partial charge in [0.1, 0.15) is 21.9 Å². The predicted molar refractivity (Wildman–Crippen MR) is 153 cm³/mol. The van der Waals surface area contributed by atoms with Crippen molar-refractivity contribution in [1.29, 1.82) is 5.26 Å². The van der Waals surface area contributed by atoms with E-state index in [1.807, 2.05) is 24.3 Å². The van der Waals surface area contributed by atoms with E-state index in [0.29, 0.717) is 22.0 Å². The zero-order valence-electron chi connectivity index (χ0n) is 20.9. The summed E-state index contributed by atoms with van der Waals surface area (Å²) in [5, 5.41) is 14.8. The molecule has 3 aromatic rings. The second-order valence-electron chi connectivity index (χ2n) is 9.67. The number of likely N-dealkylation sites (N-methyl/N-ethyl adjacent to an activating group) is 1. The maximum atomic E-state index is 10.3. The average molecular weight is 549 g/mol. The van der Waals surface area contributed by atoms with Gasteiger partial charge in [-0.3, -0.25) is 0 Å². The van der Waals surface area contributed by atoms with Gasteiger partial charge in [-0.15, -0.1) is 11.3 Å². The summed E-state index contributed by atoms with van der Waals surface area (Å²) in [6.45, 7) is 11.6. The molecule has 5 rings (SSSR count). The molecule has 6 nitrogen and oxygen atoms in total. The molecular weight excluding hydrogens is 520 g/mol. The number of piperazine rings is 1. The van der Waals surface area contributed by atoms with E-state index in [4.69, 9.17) is 28.1 Å². The first-order valence-electron chi connectivity index (χ1n) is 12.7. The number of thiazole rings is 1. The molecule has 2 aromatic heterocycles. The van der Waals surface area contributed by atoms with Gasteiger partial charge in [0.05, 0.1) is 17.8 Å². The molecule has 3 heterocycles. The van der Waals surface area contributed by atoms with Gasteiger partial charge in [0.15, 0.2) is 0 Å². The van der Waals surface area contributed by atoms with Crippen LogP contribution < -0.4 is 4.90 Å². The third kappa shape index (κ3) is 5.78. The van der Waals surface area contributed by atoms with Crippen molar-refractivity contribution in [2.45, 2.75) is 48.8 Å². The minimum Gasteiger partial charge on any atom is -0.363 e. The van der Waals surface area contributed by atoms with Gasteiger partial charge in [-0.1, -0.05) is 54.8 Å². The molecule has 2 aliphatic rings. The molecule has 2 fully saturated rings. The second kappa shape index (κ2) is 11.8. The van der Waals surface area contributed by atoms with Gasteiger partial charge in [0.2, 0.25) is 5.69 Å². The molecule has 0 spiro atoms. The molecule has 0 radical (unpaired) electrons. The Kier molecular flexibility index (Phi) is 8.32. The number of pyridine rings is 1. The summed E-state index contributed by atoms with van der Waals surface area (Å²) in [6, 6.07) is 10.2. The van der Waals surface area contributed by atoms with Gasteiger partial charge < -0.3 is 9.80 Å². The second-order valence-corrected chi connectivity index (χ2v) is 11.9. The lowest BCUT2D eigenvalue weighted by Gasteiger charge is -2.35. The van der Waals surface area contributed by atoms with E-state index in [2.05, 4.69) is 33.1 Å². The Morgan fingerprint density at radius 2 is 1.86 bits per heavy atom. The van der Waals surface area contributed by atoms with E-state index in [0.717, 1.165) is 84.5 Å². The average Bonchev–Trinajstić information content (AvgIpc) is 3.41. The Morgan fingerprint density at radius 3 is 2.54 bits per heavy atom. The van der Waals surface area contributed by atoms with Crippen molar-refractivity contribution in [2.75, 3.05) is 38.1 Å². The molecule has 1 saturated carbocycles. The summed E-state index contributed by atoms with van der Waals surface area (Å²) >= 11 is 9.21. The topological polar surface area (TPSA) is 60.4 Å². The van der Waals surface area contributed by atoms with Crippen molar-refractivity contribution in [3.8, 4) is 16.6 Å². The highest BCUT2D eigenvalue weighted by Crippen LogP contribution is 2.46. The molecular formula is C28H29ClN6S2. The summed E-state index contributed by atoms with van der Waals surface area (Å²) < 4.78 is 0. The van der Waals surface area contributed by atoms with Gasteiger partial charge in [0.25, 0.3) is 0 Å². The van der Waals surface area contributed by atoms with Crippen LogP contribution in [0.5, 0.6) is 0 Å². The third-order valence-electron chi connectivity index (χ3n) is 7.20. The van der Waals surface area contributed by atoms with E-state index in [9.17, 15) is 5.26 Å². The fourth-order valence-corrected chi connectivity index (χ4v) is 7.09. The zero-order valence-corrected chi connectivity index (χ0v) is 23.3. The maximum absolute atomic E-state index is 10.3. The standard InChI is InChI=1S/C28H29ClN6S2/c1-31-25-24(19-6-4-3-5-7-19)23(16-30)28(33-26(25)35-14-12-34(2)13-15-35)37-18-22-17-36-27(32-22)20-8-10-21(29)11-9-20/h8-11,17,19H,3-7,12-15,18H2,2H3. The highest BCUT2D eigenvalue weighted by molar-refractivity contribution is 7.98. The van der Waals surface area contributed by atoms with Crippen LogP contribution >= 0.6 is 34.7 Å². The smallest absolute Gasteiger partial charge is 0.233 e.